The number of carbonyl (C=O) groups is 2. The molecule has 0 saturated carbocycles. The highest BCUT2D eigenvalue weighted by Crippen LogP contribution is 2.43. The number of hydrogen-bond acceptors (Lipinski definition) is 7. The molecule has 0 bridgehead atoms. The molecule has 2 fully saturated rings. The van der Waals surface area contributed by atoms with Crippen molar-refractivity contribution in [1.29, 1.82) is 0 Å². The Hall–Kier alpha value is -1.52. The van der Waals surface area contributed by atoms with Crippen LogP contribution in [0.4, 0.5) is 0 Å². The average molecular weight is 569 g/mol. The summed E-state index contributed by atoms with van der Waals surface area (Å²) in [4.78, 5) is 24.2. The van der Waals surface area contributed by atoms with E-state index in [1.54, 1.807) is 13.8 Å². The van der Waals surface area contributed by atoms with Crippen LogP contribution in [0.5, 0.6) is 0 Å². The monoisotopic (exact) mass is 568 g/mol. The minimum atomic E-state index is -0.953. The van der Waals surface area contributed by atoms with Crippen LogP contribution in [0.3, 0.4) is 0 Å². The first kappa shape index (κ1) is 34.7. The van der Waals surface area contributed by atoms with Gasteiger partial charge in [-0.25, -0.2) is 0 Å². The maximum Gasteiger partial charge on any atom is 0.225 e. The number of hydrogen-bond donors (Lipinski definition) is 4. The minimum Gasteiger partial charge on any atom is -0.390 e. The van der Waals surface area contributed by atoms with E-state index in [-0.39, 0.29) is 37.0 Å². The molecule has 0 aromatic rings. The first-order valence-corrected chi connectivity index (χ1v) is 15.4. The molecule has 4 N–H and O–H groups in total. The summed E-state index contributed by atoms with van der Waals surface area (Å²) < 4.78 is 18.2. The molecule has 9 nitrogen and oxygen atoms in total. The molecule has 2 saturated heterocycles. The zero-order chi connectivity index (χ0) is 29.7. The lowest BCUT2D eigenvalue weighted by molar-refractivity contribution is -0.324. The number of nitrogens with one attached hydrogen (secondary N) is 2. The van der Waals surface area contributed by atoms with Crippen molar-refractivity contribution >= 4 is 11.8 Å². The van der Waals surface area contributed by atoms with Gasteiger partial charge < -0.3 is 35.1 Å². The van der Waals surface area contributed by atoms with Gasteiger partial charge in [0, 0.05) is 39.5 Å². The molecule has 0 aromatic heterocycles. The molecule has 9 heteroatoms. The number of ether oxygens (including phenoxy) is 3. The van der Waals surface area contributed by atoms with Gasteiger partial charge >= 0.3 is 0 Å². The lowest BCUT2D eigenvalue weighted by atomic mass is 9.85. The molecule has 40 heavy (non-hydrogen) atoms. The Kier molecular flexibility index (Phi) is 15.1. The van der Waals surface area contributed by atoms with Crippen LogP contribution in [0, 0.1) is 17.8 Å². The normalized spacial score (nSPS) is 28.5. The lowest BCUT2D eigenvalue weighted by Crippen LogP contribution is -2.50. The van der Waals surface area contributed by atoms with Gasteiger partial charge in [-0.15, -0.1) is 0 Å². The standard InChI is InChI=1S/C31H56N2O7/c1-21(19-23(3)25(5)34)11-12-26-9-7-15-31(39-26)16-13-22(2)28(40-31)10-8-17-32-30(37)24(4)27(35)20-33-29(36)14-18-38-6/h19,21-22,24-28,34-35H,7-18,20H2,1-6H3,(H,32,37)(H,33,36)/b23-19+/t21-,22+,24+,25-,26+,27+,28-,31+/m1/s1. The number of methoxy groups -OCH3 is 1. The van der Waals surface area contributed by atoms with Gasteiger partial charge in [-0.1, -0.05) is 26.8 Å². The van der Waals surface area contributed by atoms with E-state index in [2.05, 4.69) is 30.6 Å². The van der Waals surface area contributed by atoms with Crippen molar-refractivity contribution in [1.82, 2.24) is 10.6 Å². The Labute approximate surface area is 241 Å². The van der Waals surface area contributed by atoms with Crippen LogP contribution in [0.15, 0.2) is 11.6 Å². The molecule has 8 atom stereocenters. The summed E-state index contributed by atoms with van der Waals surface area (Å²) in [6.07, 6.45) is 10.0. The van der Waals surface area contributed by atoms with Crippen molar-refractivity contribution in [3.63, 3.8) is 0 Å². The van der Waals surface area contributed by atoms with Crippen molar-refractivity contribution in [2.24, 2.45) is 17.8 Å². The second kappa shape index (κ2) is 17.4. The van der Waals surface area contributed by atoms with Gasteiger partial charge in [0.25, 0.3) is 0 Å². The summed E-state index contributed by atoms with van der Waals surface area (Å²) in [5.74, 6) is -0.729. The van der Waals surface area contributed by atoms with Crippen molar-refractivity contribution < 1.29 is 34.0 Å². The molecule has 2 heterocycles. The number of amides is 2. The minimum absolute atomic E-state index is 0.0325. The smallest absolute Gasteiger partial charge is 0.225 e. The summed E-state index contributed by atoms with van der Waals surface area (Å²) in [7, 11) is 1.53. The third-order valence-corrected chi connectivity index (χ3v) is 8.59. The largest absolute Gasteiger partial charge is 0.390 e. The summed E-state index contributed by atoms with van der Waals surface area (Å²) in [5.41, 5.74) is 1.02. The molecule has 2 amide bonds. The molecule has 2 aliphatic heterocycles. The predicted molar refractivity (Wildman–Crippen MR) is 155 cm³/mol. The van der Waals surface area contributed by atoms with E-state index >= 15 is 0 Å². The van der Waals surface area contributed by atoms with Crippen LogP contribution in [0.2, 0.25) is 0 Å². The van der Waals surface area contributed by atoms with Crippen molar-refractivity contribution in [2.75, 3.05) is 26.8 Å². The van der Waals surface area contributed by atoms with Gasteiger partial charge in [-0.2, -0.15) is 0 Å². The van der Waals surface area contributed by atoms with Gasteiger partial charge in [0.15, 0.2) is 5.79 Å². The van der Waals surface area contributed by atoms with Crippen LogP contribution in [-0.2, 0) is 23.8 Å². The molecule has 2 aliphatic rings. The van der Waals surface area contributed by atoms with E-state index in [4.69, 9.17) is 14.2 Å². The molecule has 0 aromatic carbocycles. The fourth-order valence-electron chi connectivity index (χ4n) is 5.57. The van der Waals surface area contributed by atoms with E-state index in [9.17, 15) is 19.8 Å². The summed E-state index contributed by atoms with van der Waals surface area (Å²) in [5, 5.41) is 25.6. The quantitative estimate of drug-likeness (QED) is 0.165. The summed E-state index contributed by atoms with van der Waals surface area (Å²) >= 11 is 0. The van der Waals surface area contributed by atoms with Crippen LogP contribution < -0.4 is 10.6 Å². The fourth-order valence-corrected chi connectivity index (χ4v) is 5.57. The Bertz CT molecular complexity index is 805. The van der Waals surface area contributed by atoms with Crippen LogP contribution in [-0.4, -0.2) is 79.0 Å². The van der Waals surface area contributed by atoms with Crippen molar-refractivity contribution in [3.05, 3.63) is 11.6 Å². The molecule has 0 unspecified atom stereocenters. The third-order valence-electron chi connectivity index (χ3n) is 8.59. The third kappa shape index (κ3) is 11.8. The Morgan fingerprint density at radius 1 is 1.10 bits per heavy atom. The van der Waals surface area contributed by atoms with Gasteiger partial charge in [-0.3, -0.25) is 9.59 Å². The number of aliphatic hydroxyl groups is 2. The van der Waals surface area contributed by atoms with E-state index < -0.39 is 23.9 Å². The molecule has 1 spiro atoms. The highest BCUT2D eigenvalue weighted by atomic mass is 16.7. The zero-order valence-corrected chi connectivity index (χ0v) is 25.7. The van der Waals surface area contributed by atoms with Gasteiger partial charge in [0.2, 0.25) is 11.8 Å². The number of carbonyl (C=O) groups excluding carboxylic acids is 2. The summed E-state index contributed by atoms with van der Waals surface area (Å²) in [6.45, 7) is 10.7. The molecule has 0 aliphatic carbocycles. The average Bonchev–Trinajstić information content (AvgIpc) is 2.93. The molecule has 232 valence electrons. The maximum atomic E-state index is 12.5. The molecular formula is C31H56N2O7. The lowest BCUT2D eigenvalue weighted by Gasteiger charge is -2.48. The van der Waals surface area contributed by atoms with E-state index in [0.29, 0.717) is 25.0 Å². The second-order valence-corrected chi connectivity index (χ2v) is 12.2. The van der Waals surface area contributed by atoms with E-state index in [0.717, 1.165) is 63.4 Å². The fraction of sp³-hybridized carbons (Fsp3) is 0.871. The zero-order valence-electron chi connectivity index (χ0n) is 25.7. The van der Waals surface area contributed by atoms with Gasteiger partial charge in [-0.05, 0) is 76.2 Å². The highest BCUT2D eigenvalue weighted by molar-refractivity contribution is 5.79. The number of aliphatic hydroxyl groups excluding tert-OH is 2. The first-order valence-electron chi connectivity index (χ1n) is 15.4. The highest BCUT2D eigenvalue weighted by Gasteiger charge is 2.44. The van der Waals surface area contributed by atoms with Crippen LogP contribution in [0.25, 0.3) is 0 Å². The van der Waals surface area contributed by atoms with E-state index in [1.807, 2.05) is 6.92 Å². The molecular weight excluding hydrogens is 512 g/mol. The van der Waals surface area contributed by atoms with Gasteiger partial charge in [0.1, 0.15) is 0 Å². The Morgan fingerprint density at radius 3 is 2.55 bits per heavy atom. The van der Waals surface area contributed by atoms with Crippen molar-refractivity contribution in [3.8, 4) is 0 Å². The predicted octanol–water partition coefficient (Wildman–Crippen LogP) is 3.86. The first-order chi connectivity index (χ1) is 19.0. The van der Waals surface area contributed by atoms with Crippen LogP contribution >= 0.6 is 0 Å². The van der Waals surface area contributed by atoms with Gasteiger partial charge in [0.05, 0.1) is 36.9 Å². The Morgan fingerprint density at radius 2 is 1.85 bits per heavy atom. The van der Waals surface area contributed by atoms with E-state index in [1.165, 1.54) is 7.11 Å². The Balaban J connectivity index is 1.75. The number of allylic oxidation sites excluding steroid dienone is 1. The SMILES string of the molecule is COCCC(=O)NC[C@H](O)[C@H](C)C(=O)NCCC[C@H]1O[C@@]2(CCC[C@@H](CC[C@@H](C)/C=C(\C)[C@@H](C)O)O2)CC[C@@H]1C. The maximum absolute atomic E-state index is 12.5. The number of rotatable bonds is 16. The molecule has 2 rings (SSSR count). The topological polar surface area (TPSA) is 126 Å². The second-order valence-electron chi connectivity index (χ2n) is 12.2. The van der Waals surface area contributed by atoms with Crippen LogP contribution in [0.1, 0.15) is 98.8 Å². The molecule has 0 radical (unpaired) electrons. The van der Waals surface area contributed by atoms with Crippen molar-refractivity contribution in [2.45, 2.75) is 129 Å². The summed E-state index contributed by atoms with van der Waals surface area (Å²) in [6, 6.07) is 0.